The Kier molecular flexibility index (Phi) is 8.33. The second-order valence-corrected chi connectivity index (χ2v) is 7.38. The zero-order valence-corrected chi connectivity index (χ0v) is 17.0. The average Bonchev–Trinajstić information content (AvgIpc) is 3.01. The van der Waals surface area contributed by atoms with Crippen LogP contribution in [0.2, 0.25) is 0 Å². The summed E-state index contributed by atoms with van der Waals surface area (Å²) in [5.41, 5.74) is 2.31. The van der Waals surface area contributed by atoms with Gasteiger partial charge in [-0.15, -0.1) is 0 Å². The van der Waals surface area contributed by atoms with Crippen molar-refractivity contribution in [3.8, 4) is 0 Å². The average molecular weight is 358 g/mol. The quantitative estimate of drug-likeness (QED) is 0.601. The van der Waals surface area contributed by atoms with Gasteiger partial charge in [-0.1, -0.05) is 38.5 Å². The normalized spacial score (nSPS) is 11.8. The molecule has 0 bridgehead atoms. The molecule has 0 unspecified atom stereocenters. The number of fused-ring (bicyclic) bond motifs is 1. The van der Waals surface area contributed by atoms with Crippen molar-refractivity contribution in [2.75, 3.05) is 40.3 Å². The fraction of sp³-hybridized carbons (Fsp3) is 0.591. The summed E-state index contributed by atoms with van der Waals surface area (Å²) in [5, 5.41) is 1.21. The molecule has 0 radical (unpaired) electrons. The predicted octanol–water partition coefficient (Wildman–Crippen LogP) is 4.29. The summed E-state index contributed by atoms with van der Waals surface area (Å²) in [7, 11) is 4.17. The van der Waals surface area contributed by atoms with Crippen LogP contribution in [-0.2, 0) is 6.42 Å². The number of likely N-dealkylation sites (N-methyl/N-ethyl adjacent to an activating group) is 1. The van der Waals surface area contributed by atoms with E-state index in [0.29, 0.717) is 6.42 Å². The van der Waals surface area contributed by atoms with E-state index in [1.54, 1.807) is 0 Å². The van der Waals surface area contributed by atoms with Gasteiger partial charge in [0.2, 0.25) is 5.91 Å². The van der Waals surface area contributed by atoms with Crippen LogP contribution < -0.4 is 0 Å². The molecule has 4 heteroatoms. The molecule has 1 aromatic carbocycles. The number of unbranched alkanes of at least 4 members (excludes halogenated alkanes) is 1. The van der Waals surface area contributed by atoms with E-state index in [4.69, 9.17) is 0 Å². The van der Waals surface area contributed by atoms with Gasteiger partial charge < -0.3 is 9.80 Å². The van der Waals surface area contributed by atoms with Gasteiger partial charge in [0, 0.05) is 24.5 Å². The third-order valence-electron chi connectivity index (χ3n) is 5.03. The third-order valence-corrected chi connectivity index (χ3v) is 5.03. The number of benzene rings is 1. The van der Waals surface area contributed by atoms with Crippen LogP contribution in [0.1, 0.15) is 49.9 Å². The molecule has 4 nitrogen and oxygen atoms in total. The second kappa shape index (κ2) is 10.5. The van der Waals surface area contributed by atoms with E-state index >= 15 is 0 Å². The Morgan fingerprint density at radius 3 is 2.46 bits per heavy atom. The molecular weight excluding hydrogens is 322 g/mol. The second-order valence-electron chi connectivity index (χ2n) is 7.38. The smallest absolute Gasteiger partial charge is 0.231 e. The SMILES string of the molecule is CCCCN(CC)CCCC(=O)n1cc(CCN(C)C)c2ccccc21. The van der Waals surface area contributed by atoms with E-state index in [0.717, 1.165) is 44.5 Å². The van der Waals surface area contributed by atoms with Crippen LogP contribution in [0.15, 0.2) is 30.5 Å². The van der Waals surface area contributed by atoms with E-state index in [2.05, 4.69) is 62.1 Å². The molecule has 2 rings (SSSR count). The number of rotatable bonds is 11. The van der Waals surface area contributed by atoms with Gasteiger partial charge in [-0.25, -0.2) is 0 Å². The van der Waals surface area contributed by atoms with Crippen molar-refractivity contribution in [2.45, 2.75) is 46.0 Å². The molecule has 0 aliphatic heterocycles. The highest BCUT2D eigenvalue weighted by Crippen LogP contribution is 2.22. The Balaban J connectivity index is 2.03. The molecule has 0 saturated heterocycles. The lowest BCUT2D eigenvalue weighted by Crippen LogP contribution is -2.26. The van der Waals surface area contributed by atoms with E-state index < -0.39 is 0 Å². The topological polar surface area (TPSA) is 28.5 Å². The molecule has 2 aromatic rings. The maximum absolute atomic E-state index is 12.8. The molecule has 144 valence electrons. The van der Waals surface area contributed by atoms with E-state index in [1.807, 2.05) is 10.6 Å². The zero-order chi connectivity index (χ0) is 18.9. The number of para-hydroxylation sites is 1. The number of carbonyl (C=O) groups is 1. The standard InChI is InChI=1S/C22H35N3O/c1-5-7-15-24(6-2)16-10-13-22(26)25-18-19(14-17-23(3)4)20-11-8-9-12-21(20)25/h8-9,11-12,18H,5-7,10,13-17H2,1-4H3. The van der Waals surface area contributed by atoms with Crippen LogP contribution in [0.25, 0.3) is 10.9 Å². The van der Waals surface area contributed by atoms with Crippen LogP contribution in [0, 0.1) is 0 Å². The molecule has 0 aliphatic carbocycles. The molecule has 1 heterocycles. The lowest BCUT2D eigenvalue weighted by atomic mass is 10.1. The molecule has 0 spiro atoms. The summed E-state index contributed by atoms with van der Waals surface area (Å²) in [6.45, 7) is 8.63. The van der Waals surface area contributed by atoms with Gasteiger partial charge in [-0.2, -0.15) is 0 Å². The van der Waals surface area contributed by atoms with E-state index in [9.17, 15) is 4.79 Å². The van der Waals surface area contributed by atoms with Crippen LogP contribution in [0.4, 0.5) is 0 Å². The summed E-state index contributed by atoms with van der Waals surface area (Å²) in [4.78, 5) is 17.5. The van der Waals surface area contributed by atoms with Crippen molar-refractivity contribution in [2.24, 2.45) is 0 Å². The minimum Gasteiger partial charge on any atom is -0.309 e. The Bertz CT molecular complexity index is 690. The monoisotopic (exact) mass is 357 g/mol. The molecule has 0 atom stereocenters. The first kappa shape index (κ1) is 20.7. The summed E-state index contributed by atoms with van der Waals surface area (Å²) in [5.74, 6) is 0.212. The maximum Gasteiger partial charge on any atom is 0.231 e. The van der Waals surface area contributed by atoms with Crippen molar-refractivity contribution in [3.63, 3.8) is 0 Å². The molecule has 0 saturated carbocycles. The maximum atomic E-state index is 12.8. The summed E-state index contributed by atoms with van der Waals surface area (Å²) in [6, 6.07) is 8.27. The van der Waals surface area contributed by atoms with Crippen LogP contribution in [-0.4, -0.2) is 60.5 Å². The van der Waals surface area contributed by atoms with Gasteiger partial charge in [0.1, 0.15) is 0 Å². The first-order valence-corrected chi connectivity index (χ1v) is 10.1. The fourth-order valence-corrected chi connectivity index (χ4v) is 3.38. The molecule has 26 heavy (non-hydrogen) atoms. The van der Waals surface area contributed by atoms with Crippen molar-refractivity contribution in [1.82, 2.24) is 14.4 Å². The van der Waals surface area contributed by atoms with Crippen LogP contribution in [0.3, 0.4) is 0 Å². The zero-order valence-electron chi connectivity index (χ0n) is 17.0. The van der Waals surface area contributed by atoms with Gasteiger partial charge in [0.15, 0.2) is 0 Å². The molecule has 0 fully saturated rings. The van der Waals surface area contributed by atoms with Gasteiger partial charge in [-0.05, 0) is 64.6 Å². The van der Waals surface area contributed by atoms with Gasteiger partial charge in [0.25, 0.3) is 0 Å². The number of hydrogen-bond acceptors (Lipinski definition) is 3. The summed E-state index contributed by atoms with van der Waals surface area (Å²) in [6.07, 6.45) is 7.02. The third kappa shape index (κ3) is 5.68. The molecular formula is C22H35N3O. The molecule has 0 N–H and O–H groups in total. The van der Waals surface area contributed by atoms with Crippen molar-refractivity contribution in [1.29, 1.82) is 0 Å². The highest BCUT2D eigenvalue weighted by molar-refractivity contribution is 5.94. The Morgan fingerprint density at radius 2 is 1.77 bits per heavy atom. The molecule has 0 amide bonds. The minimum atomic E-state index is 0.212. The minimum absolute atomic E-state index is 0.212. The molecule has 1 aromatic heterocycles. The highest BCUT2D eigenvalue weighted by atomic mass is 16.2. The Labute approximate surface area is 158 Å². The fourth-order valence-electron chi connectivity index (χ4n) is 3.38. The Hall–Kier alpha value is -1.65. The lowest BCUT2D eigenvalue weighted by molar-refractivity contribution is 0.0900. The number of aromatic nitrogens is 1. The summed E-state index contributed by atoms with van der Waals surface area (Å²) >= 11 is 0. The predicted molar refractivity (Wildman–Crippen MR) is 111 cm³/mol. The lowest BCUT2D eigenvalue weighted by Gasteiger charge is -2.19. The van der Waals surface area contributed by atoms with E-state index in [1.165, 1.54) is 23.8 Å². The first-order valence-electron chi connectivity index (χ1n) is 10.1. The summed E-state index contributed by atoms with van der Waals surface area (Å²) < 4.78 is 1.88. The highest BCUT2D eigenvalue weighted by Gasteiger charge is 2.14. The Morgan fingerprint density at radius 1 is 1.04 bits per heavy atom. The number of nitrogens with zero attached hydrogens (tertiary/aromatic N) is 3. The van der Waals surface area contributed by atoms with Crippen molar-refractivity contribution >= 4 is 16.8 Å². The largest absolute Gasteiger partial charge is 0.309 e. The van der Waals surface area contributed by atoms with Crippen LogP contribution in [0.5, 0.6) is 0 Å². The van der Waals surface area contributed by atoms with Gasteiger partial charge >= 0.3 is 0 Å². The van der Waals surface area contributed by atoms with Crippen molar-refractivity contribution in [3.05, 3.63) is 36.0 Å². The number of carbonyl (C=O) groups excluding carboxylic acids is 1. The van der Waals surface area contributed by atoms with Crippen molar-refractivity contribution < 1.29 is 4.79 Å². The number of hydrogen-bond donors (Lipinski definition) is 0. The van der Waals surface area contributed by atoms with Gasteiger partial charge in [-0.3, -0.25) is 9.36 Å². The first-order chi connectivity index (χ1) is 12.6. The van der Waals surface area contributed by atoms with E-state index in [-0.39, 0.29) is 5.91 Å². The van der Waals surface area contributed by atoms with Gasteiger partial charge in [0.05, 0.1) is 5.52 Å². The van der Waals surface area contributed by atoms with Crippen LogP contribution >= 0.6 is 0 Å². The molecule has 0 aliphatic rings.